The number of esters is 1. The molecule has 0 aromatic heterocycles. The fourth-order valence-corrected chi connectivity index (χ4v) is 0.756. The number of carbonyl (C=O) groups excluding carboxylic acids is 1. The summed E-state index contributed by atoms with van der Waals surface area (Å²) in [6.07, 6.45) is 0. The van der Waals surface area contributed by atoms with Crippen LogP contribution in [0.25, 0.3) is 0 Å². The van der Waals surface area contributed by atoms with Gasteiger partial charge in [0.05, 0.1) is 0 Å². The molecule has 0 heterocycles. The van der Waals surface area contributed by atoms with Crippen LogP contribution in [-0.4, -0.2) is 28.8 Å². The topological polar surface area (TPSA) is 116 Å². The predicted molar refractivity (Wildman–Crippen MR) is 41.6 cm³/mol. The molecule has 0 aromatic rings. The van der Waals surface area contributed by atoms with E-state index in [-0.39, 0.29) is 5.57 Å². The van der Waals surface area contributed by atoms with Crippen LogP contribution >= 0.6 is 8.25 Å². The molecule has 80 valence electrons. The smallest absolute Gasteiger partial charge is 0.495 e. The quantitative estimate of drug-likeness (QED) is 0.260. The van der Waals surface area contributed by atoms with Gasteiger partial charge in [0, 0.05) is 5.57 Å². The Morgan fingerprint density at radius 2 is 2.21 bits per heavy atom. The molecule has 0 spiro atoms. The number of aliphatic hydroxyl groups is 2. The van der Waals surface area contributed by atoms with Crippen molar-refractivity contribution in [2.75, 3.05) is 6.61 Å². The first-order chi connectivity index (χ1) is 6.30. The Bertz CT molecular complexity index is 263. The van der Waals surface area contributed by atoms with Crippen molar-refractivity contribution in [2.45, 2.75) is 12.9 Å². The van der Waals surface area contributed by atoms with Crippen molar-refractivity contribution in [3.8, 4) is 0 Å². The average molecular weight is 224 g/mol. The Kier molecular flexibility index (Phi) is 4.82. The Balaban J connectivity index is 4.47. The molecule has 14 heavy (non-hydrogen) atoms. The second kappa shape index (κ2) is 5.14. The fraction of sp³-hybridized carbons (Fsp3) is 0.500. The zero-order chi connectivity index (χ0) is 11.4. The lowest BCUT2D eigenvalue weighted by Gasteiger charge is -2.19. The normalized spacial score (nSPS) is 15.6. The first-order valence-corrected chi connectivity index (χ1v) is 4.46. The predicted octanol–water partition coefficient (Wildman–Crippen LogP) is -1.22. The summed E-state index contributed by atoms with van der Waals surface area (Å²) in [5.41, 5.74) is -0.0819. The Labute approximate surface area is 80.5 Å². The third-order valence-corrected chi connectivity index (χ3v) is 1.45. The van der Waals surface area contributed by atoms with Gasteiger partial charge < -0.3 is 19.8 Å². The highest BCUT2D eigenvalue weighted by Crippen LogP contribution is 2.22. The number of ether oxygens (including phenoxy) is 1. The molecule has 0 aliphatic heterocycles. The first-order valence-electron chi connectivity index (χ1n) is 3.36. The summed E-state index contributed by atoms with van der Waals surface area (Å²) in [6.45, 7) is 3.24. The van der Waals surface area contributed by atoms with Gasteiger partial charge >= 0.3 is 20.2 Å². The van der Waals surface area contributed by atoms with Gasteiger partial charge in [-0.3, -0.25) is 0 Å². The van der Waals surface area contributed by atoms with Crippen molar-refractivity contribution in [3.05, 3.63) is 12.2 Å². The summed E-state index contributed by atoms with van der Waals surface area (Å²) in [7, 11) is -3.46. The molecule has 0 rings (SSSR count). The minimum Gasteiger partial charge on any atom is -0.566 e. The van der Waals surface area contributed by atoms with Gasteiger partial charge in [-0.2, -0.15) is 0 Å². The SMILES string of the molecule is C=C(C)C(=O)OC(O)(CO)O[P+](=O)[O-]. The van der Waals surface area contributed by atoms with Crippen LogP contribution in [-0.2, 0) is 18.6 Å². The Morgan fingerprint density at radius 3 is 2.50 bits per heavy atom. The summed E-state index contributed by atoms with van der Waals surface area (Å²) < 4.78 is 18.0. The minimum absolute atomic E-state index is 0.0819. The molecular formula is C6H9O7P. The van der Waals surface area contributed by atoms with Crippen LogP contribution in [0.5, 0.6) is 0 Å². The molecule has 0 saturated carbocycles. The highest BCUT2D eigenvalue weighted by molar-refractivity contribution is 7.30. The zero-order valence-electron chi connectivity index (χ0n) is 7.30. The molecule has 0 bridgehead atoms. The van der Waals surface area contributed by atoms with Gasteiger partial charge in [0.1, 0.15) is 6.61 Å². The molecule has 0 amide bonds. The average Bonchev–Trinajstić information content (AvgIpc) is 2.02. The maximum absolute atomic E-state index is 10.8. The van der Waals surface area contributed by atoms with Crippen molar-refractivity contribution in [1.29, 1.82) is 0 Å². The van der Waals surface area contributed by atoms with E-state index in [1.165, 1.54) is 6.92 Å². The highest BCUT2D eigenvalue weighted by atomic mass is 31.1. The molecule has 2 unspecified atom stereocenters. The second-order valence-electron chi connectivity index (χ2n) is 2.36. The summed E-state index contributed by atoms with van der Waals surface area (Å²) in [5.74, 6) is -3.97. The standard InChI is InChI=1S/C6H9O7P/c1-4(2)5(8)12-6(9,3-7)13-14(10)11/h7,9H,1,3H2,2H3. The van der Waals surface area contributed by atoms with E-state index in [9.17, 15) is 14.3 Å². The monoisotopic (exact) mass is 224 g/mol. The van der Waals surface area contributed by atoms with Crippen LogP contribution in [0.4, 0.5) is 0 Å². The molecule has 0 aliphatic rings. The van der Waals surface area contributed by atoms with E-state index in [0.717, 1.165) is 0 Å². The van der Waals surface area contributed by atoms with E-state index in [1.807, 2.05) is 0 Å². The van der Waals surface area contributed by atoms with E-state index < -0.39 is 26.8 Å². The van der Waals surface area contributed by atoms with Crippen LogP contribution in [0.1, 0.15) is 6.92 Å². The van der Waals surface area contributed by atoms with E-state index in [1.54, 1.807) is 0 Å². The maximum atomic E-state index is 10.8. The van der Waals surface area contributed by atoms with Crippen LogP contribution in [0.3, 0.4) is 0 Å². The summed E-state index contributed by atoms with van der Waals surface area (Å²) in [5, 5.41) is 17.6. The lowest BCUT2D eigenvalue weighted by atomic mass is 10.4. The van der Waals surface area contributed by atoms with Gasteiger partial charge in [0.25, 0.3) is 0 Å². The van der Waals surface area contributed by atoms with Crippen molar-refractivity contribution in [2.24, 2.45) is 0 Å². The summed E-state index contributed by atoms with van der Waals surface area (Å²) in [4.78, 5) is 20.9. The number of hydrogen-bond donors (Lipinski definition) is 2. The van der Waals surface area contributed by atoms with Gasteiger partial charge in [-0.25, -0.2) is 4.79 Å². The van der Waals surface area contributed by atoms with Crippen molar-refractivity contribution in [3.63, 3.8) is 0 Å². The number of carbonyl (C=O) groups is 1. The lowest BCUT2D eigenvalue weighted by Crippen LogP contribution is -2.40. The van der Waals surface area contributed by atoms with E-state index in [0.29, 0.717) is 0 Å². The Morgan fingerprint density at radius 1 is 1.71 bits per heavy atom. The number of hydrogen-bond acceptors (Lipinski definition) is 7. The van der Waals surface area contributed by atoms with E-state index in [4.69, 9.17) is 10.2 Å². The van der Waals surface area contributed by atoms with Crippen LogP contribution in [0.2, 0.25) is 0 Å². The highest BCUT2D eigenvalue weighted by Gasteiger charge is 2.39. The Hall–Kier alpha value is -0.850. The van der Waals surface area contributed by atoms with Crippen LogP contribution in [0.15, 0.2) is 12.2 Å². The molecule has 0 aliphatic carbocycles. The lowest BCUT2D eigenvalue weighted by molar-refractivity contribution is -0.331. The van der Waals surface area contributed by atoms with Crippen molar-refractivity contribution >= 4 is 14.2 Å². The van der Waals surface area contributed by atoms with Gasteiger partial charge in [0.2, 0.25) is 0 Å². The van der Waals surface area contributed by atoms with Gasteiger partial charge in [-0.15, -0.1) is 0 Å². The van der Waals surface area contributed by atoms with Crippen molar-refractivity contribution < 1.29 is 33.7 Å². The van der Waals surface area contributed by atoms with E-state index in [2.05, 4.69) is 15.8 Å². The largest absolute Gasteiger partial charge is 0.566 e. The van der Waals surface area contributed by atoms with Gasteiger partial charge in [0.15, 0.2) is 0 Å². The maximum Gasteiger partial charge on any atom is 0.495 e. The molecular weight excluding hydrogens is 215 g/mol. The van der Waals surface area contributed by atoms with Gasteiger partial charge in [-0.1, -0.05) is 11.1 Å². The third-order valence-electron chi connectivity index (χ3n) is 1.02. The molecule has 8 heteroatoms. The molecule has 7 nitrogen and oxygen atoms in total. The zero-order valence-corrected chi connectivity index (χ0v) is 8.19. The molecule has 0 saturated heterocycles. The number of rotatable bonds is 5. The van der Waals surface area contributed by atoms with Crippen LogP contribution < -0.4 is 4.89 Å². The van der Waals surface area contributed by atoms with Crippen LogP contribution in [0, 0.1) is 0 Å². The summed E-state index contributed by atoms with van der Waals surface area (Å²) >= 11 is 0. The third kappa shape index (κ3) is 4.40. The summed E-state index contributed by atoms with van der Waals surface area (Å²) in [6, 6.07) is 0. The first kappa shape index (κ1) is 13.2. The van der Waals surface area contributed by atoms with Crippen molar-refractivity contribution in [1.82, 2.24) is 0 Å². The molecule has 0 radical (unpaired) electrons. The fourth-order valence-electron chi connectivity index (χ4n) is 0.428. The molecule has 2 atom stereocenters. The minimum atomic E-state index is -3.46. The van der Waals surface area contributed by atoms with E-state index >= 15 is 0 Å². The molecule has 2 N–H and O–H groups in total. The number of aliphatic hydroxyl groups excluding tert-OH is 1. The molecule has 0 fully saturated rings. The molecule has 0 aromatic carbocycles. The second-order valence-corrected chi connectivity index (χ2v) is 2.99. The van der Waals surface area contributed by atoms with Gasteiger partial charge in [-0.05, 0) is 11.5 Å².